The summed E-state index contributed by atoms with van der Waals surface area (Å²) in [6.07, 6.45) is 4.30. The minimum atomic E-state index is -0.399. The Labute approximate surface area is 157 Å². The van der Waals surface area contributed by atoms with Gasteiger partial charge in [0.25, 0.3) is 0 Å². The standard InChI is InChI=1S/C22H23FN2O2/c23-19-6-2-4-8-21(19)27-14-11-22(26)25-12-9-16(10-13-25)18-15-24-20-7-3-1-5-17(18)20/h1-8,15-16,24H,9-14H2. The molecule has 4 nitrogen and oxygen atoms in total. The van der Waals surface area contributed by atoms with Crippen LogP contribution in [0.2, 0.25) is 0 Å². The number of carbonyl (C=O) groups excluding carboxylic acids is 1. The minimum absolute atomic E-state index is 0.0729. The van der Waals surface area contributed by atoms with Crippen LogP contribution in [0.25, 0.3) is 10.9 Å². The predicted octanol–water partition coefficient (Wildman–Crippen LogP) is 4.48. The Morgan fingerprint density at radius 1 is 1.11 bits per heavy atom. The van der Waals surface area contributed by atoms with Crippen molar-refractivity contribution in [2.24, 2.45) is 0 Å². The molecule has 0 aliphatic carbocycles. The lowest BCUT2D eigenvalue weighted by atomic mass is 9.89. The average molecular weight is 366 g/mol. The Balaban J connectivity index is 1.28. The van der Waals surface area contributed by atoms with Crippen molar-refractivity contribution < 1.29 is 13.9 Å². The number of amides is 1. The molecule has 0 spiro atoms. The van der Waals surface area contributed by atoms with Crippen LogP contribution < -0.4 is 4.74 Å². The lowest BCUT2D eigenvalue weighted by Gasteiger charge is -2.32. The third-order valence-electron chi connectivity index (χ3n) is 5.32. The number of nitrogens with zero attached hydrogens (tertiary/aromatic N) is 1. The molecule has 1 amide bonds. The van der Waals surface area contributed by atoms with Crippen molar-refractivity contribution in [3.05, 3.63) is 66.1 Å². The second-order valence-corrected chi connectivity index (χ2v) is 6.97. The van der Waals surface area contributed by atoms with Crippen LogP contribution in [0.5, 0.6) is 5.75 Å². The Kier molecular flexibility index (Phi) is 5.10. The van der Waals surface area contributed by atoms with Crippen LogP contribution in [0, 0.1) is 5.82 Å². The molecule has 140 valence electrons. The molecule has 2 heterocycles. The van der Waals surface area contributed by atoms with Crippen LogP contribution in [0.4, 0.5) is 4.39 Å². The SMILES string of the molecule is O=C(CCOc1ccccc1F)N1CCC(c2c[nH]c3ccccc23)CC1. The number of halogens is 1. The summed E-state index contributed by atoms with van der Waals surface area (Å²) in [6.45, 7) is 1.70. The maximum absolute atomic E-state index is 13.5. The van der Waals surface area contributed by atoms with Crippen molar-refractivity contribution in [3.63, 3.8) is 0 Å². The monoisotopic (exact) mass is 366 g/mol. The number of likely N-dealkylation sites (tertiary alicyclic amines) is 1. The van der Waals surface area contributed by atoms with Gasteiger partial charge in [0.1, 0.15) is 0 Å². The quantitative estimate of drug-likeness (QED) is 0.723. The van der Waals surface area contributed by atoms with Crippen LogP contribution in [-0.4, -0.2) is 35.5 Å². The highest BCUT2D eigenvalue weighted by molar-refractivity contribution is 5.83. The van der Waals surface area contributed by atoms with Gasteiger partial charge in [0.05, 0.1) is 13.0 Å². The Bertz CT molecular complexity index is 929. The lowest BCUT2D eigenvalue weighted by Crippen LogP contribution is -2.38. The molecule has 0 radical (unpaired) electrons. The van der Waals surface area contributed by atoms with E-state index in [2.05, 4.69) is 29.4 Å². The van der Waals surface area contributed by atoms with Gasteiger partial charge >= 0.3 is 0 Å². The molecule has 2 aromatic carbocycles. The molecule has 1 aliphatic rings. The second kappa shape index (κ2) is 7.82. The zero-order valence-electron chi connectivity index (χ0n) is 15.2. The topological polar surface area (TPSA) is 45.3 Å². The third kappa shape index (κ3) is 3.82. The van der Waals surface area contributed by atoms with Crippen LogP contribution >= 0.6 is 0 Å². The molecule has 0 bridgehead atoms. The molecule has 0 unspecified atom stereocenters. The number of para-hydroxylation sites is 2. The van der Waals surface area contributed by atoms with Gasteiger partial charge < -0.3 is 14.6 Å². The molecule has 4 rings (SSSR count). The number of fused-ring (bicyclic) bond motifs is 1. The van der Waals surface area contributed by atoms with Gasteiger partial charge in [-0.25, -0.2) is 4.39 Å². The zero-order valence-corrected chi connectivity index (χ0v) is 15.2. The van der Waals surface area contributed by atoms with Gasteiger partial charge in [-0.15, -0.1) is 0 Å². The second-order valence-electron chi connectivity index (χ2n) is 6.97. The summed E-state index contributed by atoms with van der Waals surface area (Å²) in [5, 5.41) is 1.28. The lowest BCUT2D eigenvalue weighted by molar-refractivity contribution is -0.132. The maximum atomic E-state index is 13.5. The number of hydrogen-bond donors (Lipinski definition) is 1. The Hall–Kier alpha value is -2.82. The summed E-state index contributed by atoms with van der Waals surface area (Å²) in [5.74, 6) is 0.344. The van der Waals surface area contributed by atoms with Crippen molar-refractivity contribution in [1.29, 1.82) is 0 Å². The van der Waals surface area contributed by atoms with Crippen LogP contribution in [0.15, 0.2) is 54.7 Å². The average Bonchev–Trinajstić information content (AvgIpc) is 3.14. The first-order valence-electron chi connectivity index (χ1n) is 9.43. The Morgan fingerprint density at radius 2 is 1.85 bits per heavy atom. The van der Waals surface area contributed by atoms with Crippen molar-refractivity contribution in [1.82, 2.24) is 9.88 Å². The van der Waals surface area contributed by atoms with E-state index in [1.807, 2.05) is 11.0 Å². The van der Waals surface area contributed by atoms with E-state index in [9.17, 15) is 9.18 Å². The molecule has 0 atom stereocenters. The fourth-order valence-corrected chi connectivity index (χ4v) is 3.84. The summed E-state index contributed by atoms with van der Waals surface area (Å²) in [6, 6.07) is 14.6. The van der Waals surface area contributed by atoms with E-state index in [1.165, 1.54) is 17.0 Å². The molecule has 3 aromatic rings. The van der Waals surface area contributed by atoms with E-state index in [-0.39, 0.29) is 24.7 Å². The van der Waals surface area contributed by atoms with E-state index in [4.69, 9.17) is 4.74 Å². The van der Waals surface area contributed by atoms with E-state index >= 15 is 0 Å². The van der Waals surface area contributed by atoms with Gasteiger partial charge in [0.15, 0.2) is 11.6 Å². The van der Waals surface area contributed by atoms with Crippen LogP contribution in [0.1, 0.15) is 30.7 Å². The van der Waals surface area contributed by atoms with Gasteiger partial charge in [-0.1, -0.05) is 30.3 Å². The molecular formula is C22H23FN2O2. The number of aromatic nitrogens is 1. The van der Waals surface area contributed by atoms with Gasteiger partial charge in [-0.05, 0) is 42.5 Å². The molecular weight excluding hydrogens is 343 g/mol. The summed E-state index contributed by atoms with van der Waals surface area (Å²) in [5.41, 5.74) is 2.51. The van der Waals surface area contributed by atoms with Gasteiger partial charge in [0, 0.05) is 30.2 Å². The van der Waals surface area contributed by atoms with Crippen molar-refractivity contribution in [3.8, 4) is 5.75 Å². The van der Waals surface area contributed by atoms with E-state index in [0.717, 1.165) is 31.4 Å². The van der Waals surface area contributed by atoms with Gasteiger partial charge in [0.2, 0.25) is 5.91 Å². The van der Waals surface area contributed by atoms with Crippen molar-refractivity contribution in [2.45, 2.75) is 25.2 Å². The number of carbonyl (C=O) groups is 1. The molecule has 1 aliphatic heterocycles. The molecule has 1 N–H and O–H groups in total. The van der Waals surface area contributed by atoms with Crippen molar-refractivity contribution in [2.75, 3.05) is 19.7 Å². The van der Waals surface area contributed by atoms with Gasteiger partial charge in [-0.2, -0.15) is 0 Å². The predicted molar refractivity (Wildman–Crippen MR) is 103 cm³/mol. The molecule has 0 saturated carbocycles. The molecule has 5 heteroatoms. The van der Waals surface area contributed by atoms with Crippen molar-refractivity contribution >= 4 is 16.8 Å². The number of benzene rings is 2. The van der Waals surface area contributed by atoms with E-state index < -0.39 is 5.82 Å². The third-order valence-corrected chi connectivity index (χ3v) is 5.32. The minimum Gasteiger partial charge on any atom is -0.490 e. The first-order valence-corrected chi connectivity index (χ1v) is 9.43. The summed E-state index contributed by atoms with van der Waals surface area (Å²) in [7, 11) is 0. The van der Waals surface area contributed by atoms with E-state index in [1.54, 1.807) is 18.2 Å². The normalized spacial score (nSPS) is 15.2. The molecule has 1 saturated heterocycles. The fourth-order valence-electron chi connectivity index (χ4n) is 3.84. The van der Waals surface area contributed by atoms with Gasteiger partial charge in [-0.3, -0.25) is 4.79 Å². The highest BCUT2D eigenvalue weighted by atomic mass is 19.1. The molecule has 27 heavy (non-hydrogen) atoms. The number of H-pyrrole nitrogens is 1. The number of nitrogens with one attached hydrogen (secondary N) is 1. The highest BCUT2D eigenvalue weighted by Gasteiger charge is 2.25. The first kappa shape index (κ1) is 17.6. The summed E-state index contributed by atoms with van der Waals surface area (Å²) < 4.78 is 18.9. The zero-order chi connectivity index (χ0) is 18.6. The number of rotatable bonds is 5. The fraction of sp³-hybridized carbons (Fsp3) is 0.318. The Morgan fingerprint density at radius 3 is 2.67 bits per heavy atom. The largest absolute Gasteiger partial charge is 0.490 e. The maximum Gasteiger partial charge on any atom is 0.225 e. The van der Waals surface area contributed by atoms with Crippen LogP contribution in [-0.2, 0) is 4.79 Å². The van der Waals surface area contributed by atoms with E-state index in [0.29, 0.717) is 5.92 Å². The summed E-state index contributed by atoms with van der Waals surface area (Å²) in [4.78, 5) is 17.7. The molecule has 1 aromatic heterocycles. The van der Waals surface area contributed by atoms with Crippen LogP contribution in [0.3, 0.4) is 0 Å². The molecule has 1 fully saturated rings. The number of hydrogen-bond acceptors (Lipinski definition) is 2. The smallest absolute Gasteiger partial charge is 0.225 e. The summed E-state index contributed by atoms with van der Waals surface area (Å²) >= 11 is 0. The first-order chi connectivity index (χ1) is 13.2. The number of ether oxygens (including phenoxy) is 1. The highest BCUT2D eigenvalue weighted by Crippen LogP contribution is 2.33. The number of aromatic amines is 1. The number of piperidine rings is 1.